The number of nitrogens with one attached hydrogen (secondary N) is 1. The van der Waals surface area contributed by atoms with Gasteiger partial charge in [-0.25, -0.2) is 0 Å². The van der Waals surface area contributed by atoms with Gasteiger partial charge in [-0.3, -0.25) is 9.48 Å². The standard InChI is InChI=1S/C18H23N3OS/c1-13-10-14(2)21(20-13)17(16-8-9-23-12-16)11-19-18(22)15-6-4-3-5-7-15/h3-4,8-10,12,15,17H,5-7,11H2,1-2H3,(H,19,22)/t15-,17+/m0/s1. The van der Waals surface area contributed by atoms with Crippen molar-refractivity contribution in [3.8, 4) is 0 Å². The molecule has 2 aromatic heterocycles. The van der Waals surface area contributed by atoms with E-state index in [9.17, 15) is 4.79 Å². The van der Waals surface area contributed by atoms with E-state index in [1.165, 1.54) is 5.56 Å². The number of carbonyl (C=O) groups is 1. The molecule has 4 nitrogen and oxygen atoms in total. The third kappa shape index (κ3) is 3.72. The first-order valence-electron chi connectivity index (χ1n) is 8.12. The van der Waals surface area contributed by atoms with E-state index in [-0.39, 0.29) is 17.9 Å². The van der Waals surface area contributed by atoms with Crippen LogP contribution in [0.2, 0.25) is 0 Å². The molecule has 1 aliphatic carbocycles. The van der Waals surface area contributed by atoms with Gasteiger partial charge in [0.05, 0.1) is 11.7 Å². The first-order valence-corrected chi connectivity index (χ1v) is 9.07. The van der Waals surface area contributed by atoms with Crippen LogP contribution in [0.3, 0.4) is 0 Å². The van der Waals surface area contributed by atoms with Crippen LogP contribution in [0.5, 0.6) is 0 Å². The second kappa shape index (κ2) is 7.13. The largest absolute Gasteiger partial charge is 0.353 e. The van der Waals surface area contributed by atoms with Crippen LogP contribution in [-0.4, -0.2) is 22.2 Å². The van der Waals surface area contributed by atoms with Gasteiger partial charge < -0.3 is 5.32 Å². The molecule has 0 saturated carbocycles. The maximum atomic E-state index is 12.4. The zero-order valence-electron chi connectivity index (χ0n) is 13.7. The number of hydrogen-bond acceptors (Lipinski definition) is 3. The molecule has 2 aromatic rings. The zero-order valence-corrected chi connectivity index (χ0v) is 14.5. The van der Waals surface area contributed by atoms with Crippen molar-refractivity contribution in [1.82, 2.24) is 15.1 Å². The summed E-state index contributed by atoms with van der Waals surface area (Å²) in [6, 6.07) is 4.24. The van der Waals surface area contributed by atoms with E-state index in [0.717, 1.165) is 30.7 Å². The molecule has 2 heterocycles. The lowest BCUT2D eigenvalue weighted by Gasteiger charge is -2.22. The molecule has 1 N–H and O–H groups in total. The van der Waals surface area contributed by atoms with E-state index in [4.69, 9.17) is 0 Å². The molecule has 0 unspecified atom stereocenters. The summed E-state index contributed by atoms with van der Waals surface area (Å²) in [7, 11) is 0. The van der Waals surface area contributed by atoms with Gasteiger partial charge in [-0.1, -0.05) is 12.2 Å². The van der Waals surface area contributed by atoms with E-state index < -0.39 is 0 Å². The first kappa shape index (κ1) is 16.0. The highest BCUT2D eigenvalue weighted by Gasteiger charge is 2.22. The molecule has 3 rings (SSSR count). The highest BCUT2D eigenvalue weighted by molar-refractivity contribution is 7.07. The third-order valence-corrected chi connectivity index (χ3v) is 5.08. The minimum atomic E-state index is 0.0537. The summed E-state index contributed by atoms with van der Waals surface area (Å²) < 4.78 is 2.03. The lowest BCUT2D eigenvalue weighted by Crippen LogP contribution is -2.36. The summed E-state index contributed by atoms with van der Waals surface area (Å²) in [6.07, 6.45) is 7.09. The second-order valence-electron chi connectivity index (χ2n) is 6.17. The van der Waals surface area contributed by atoms with E-state index in [1.54, 1.807) is 11.3 Å². The Kier molecular flexibility index (Phi) is 4.96. The number of thiophene rings is 1. The van der Waals surface area contributed by atoms with Gasteiger partial charge in [0.2, 0.25) is 5.91 Å². The lowest BCUT2D eigenvalue weighted by atomic mass is 9.93. The van der Waals surface area contributed by atoms with Crippen molar-refractivity contribution in [1.29, 1.82) is 0 Å². The number of hydrogen-bond donors (Lipinski definition) is 1. The van der Waals surface area contributed by atoms with Crippen LogP contribution in [0.25, 0.3) is 0 Å². The molecule has 0 radical (unpaired) electrons. The van der Waals surface area contributed by atoms with Crippen LogP contribution in [0, 0.1) is 19.8 Å². The summed E-state index contributed by atoms with van der Waals surface area (Å²) >= 11 is 1.67. The smallest absolute Gasteiger partial charge is 0.223 e. The number of nitrogens with zero attached hydrogens (tertiary/aromatic N) is 2. The van der Waals surface area contributed by atoms with Crippen LogP contribution in [0.15, 0.2) is 35.0 Å². The summed E-state index contributed by atoms with van der Waals surface area (Å²) in [5.41, 5.74) is 3.32. The Morgan fingerprint density at radius 2 is 2.35 bits per heavy atom. The quantitative estimate of drug-likeness (QED) is 0.852. The number of allylic oxidation sites excluding steroid dienone is 2. The van der Waals surface area contributed by atoms with Gasteiger partial charge in [0.1, 0.15) is 0 Å². The van der Waals surface area contributed by atoms with Gasteiger partial charge in [0.25, 0.3) is 0 Å². The Hall–Kier alpha value is -1.88. The van der Waals surface area contributed by atoms with Gasteiger partial charge in [-0.2, -0.15) is 16.4 Å². The Morgan fingerprint density at radius 3 is 2.96 bits per heavy atom. The summed E-state index contributed by atoms with van der Waals surface area (Å²) in [4.78, 5) is 12.4. The molecule has 2 atom stereocenters. The average molecular weight is 329 g/mol. The minimum absolute atomic E-state index is 0.0537. The Bertz CT molecular complexity index is 687. The van der Waals surface area contributed by atoms with Gasteiger partial charge in [0.15, 0.2) is 0 Å². The number of rotatable bonds is 5. The molecule has 23 heavy (non-hydrogen) atoms. The monoisotopic (exact) mass is 329 g/mol. The van der Waals surface area contributed by atoms with Crippen molar-refractivity contribution in [2.45, 2.75) is 39.2 Å². The molecule has 0 fully saturated rings. The van der Waals surface area contributed by atoms with Crippen molar-refractivity contribution in [3.63, 3.8) is 0 Å². The van der Waals surface area contributed by atoms with Gasteiger partial charge in [-0.05, 0) is 61.6 Å². The number of amides is 1. The van der Waals surface area contributed by atoms with Crippen LogP contribution < -0.4 is 5.32 Å². The van der Waals surface area contributed by atoms with Crippen molar-refractivity contribution in [2.75, 3.05) is 6.54 Å². The fourth-order valence-corrected chi connectivity index (χ4v) is 3.85. The van der Waals surface area contributed by atoms with Crippen molar-refractivity contribution < 1.29 is 4.79 Å². The highest BCUT2D eigenvalue weighted by atomic mass is 32.1. The van der Waals surface area contributed by atoms with Gasteiger partial charge in [-0.15, -0.1) is 0 Å². The van der Waals surface area contributed by atoms with Crippen molar-refractivity contribution in [2.24, 2.45) is 5.92 Å². The number of aromatic nitrogens is 2. The predicted octanol–water partition coefficient (Wildman–Crippen LogP) is 3.62. The molecule has 0 bridgehead atoms. The summed E-state index contributed by atoms with van der Waals surface area (Å²) in [6.45, 7) is 4.64. The van der Waals surface area contributed by atoms with E-state index in [0.29, 0.717) is 6.54 Å². The number of carbonyl (C=O) groups excluding carboxylic acids is 1. The van der Waals surface area contributed by atoms with E-state index >= 15 is 0 Å². The maximum absolute atomic E-state index is 12.4. The molecule has 0 saturated heterocycles. The van der Waals surface area contributed by atoms with Crippen molar-refractivity contribution in [3.05, 3.63) is 52.0 Å². The lowest BCUT2D eigenvalue weighted by molar-refractivity contribution is -0.125. The molecule has 0 aliphatic heterocycles. The fourth-order valence-electron chi connectivity index (χ4n) is 3.15. The Balaban J connectivity index is 1.73. The van der Waals surface area contributed by atoms with E-state index in [1.807, 2.05) is 11.6 Å². The highest BCUT2D eigenvalue weighted by Crippen LogP contribution is 2.23. The molecule has 1 aliphatic rings. The second-order valence-corrected chi connectivity index (χ2v) is 6.95. The predicted molar refractivity (Wildman–Crippen MR) is 93.6 cm³/mol. The summed E-state index contributed by atoms with van der Waals surface area (Å²) in [5.74, 6) is 0.277. The molecule has 122 valence electrons. The maximum Gasteiger partial charge on any atom is 0.223 e. The molecule has 0 spiro atoms. The molecule has 1 amide bonds. The van der Waals surface area contributed by atoms with Crippen LogP contribution >= 0.6 is 11.3 Å². The van der Waals surface area contributed by atoms with Crippen molar-refractivity contribution >= 4 is 17.2 Å². The van der Waals surface area contributed by atoms with Crippen LogP contribution in [0.4, 0.5) is 0 Å². The third-order valence-electron chi connectivity index (χ3n) is 4.38. The average Bonchev–Trinajstić information content (AvgIpc) is 3.19. The van der Waals surface area contributed by atoms with Crippen LogP contribution in [-0.2, 0) is 4.79 Å². The fraction of sp³-hybridized carbons (Fsp3) is 0.444. The van der Waals surface area contributed by atoms with Gasteiger partial charge in [0, 0.05) is 18.2 Å². The molecule has 5 heteroatoms. The number of aryl methyl sites for hydroxylation is 2. The Morgan fingerprint density at radius 1 is 1.48 bits per heavy atom. The molecule has 0 aromatic carbocycles. The zero-order chi connectivity index (χ0) is 16.2. The first-order chi connectivity index (χ1) is 11.1. The SMILES string of the molecule is Cc1cc(C)n([C@H](CNC(=O)[C@H]2CC=CCC2)c2ccsc2)n1. The molecular weight excluding hydrogens is 306 g/mol. The minimum Gasteiger partial charge on any atom is -0.353 e. The summed E-state index contributed by atoms with van der Waals surface area (Å²) in [5, 5.41) is 12.0. The van der Waals surface area contributed by atoms with Gasteiger partial charge >= 0.3 is 0 Å². The van der Waals surface area contributed by atoms with Crippen LogP contribution in [0.1, 0.15) is 42.3 Å². The topological polar surface area (TPSA) is 46.9 Å². The normalized spacial score (nSPS) is 18.8. The molecular formula is C18H23N3OS. The Labute approximate surface area is 141 Å². The van der Waals surface area contributed by atoms with E-state index in [2.05, 4.69) is 52.4 Å².